The van der Waals surface area contributed by atoms with Gasteiger partial charge in [0.15, 0.2) is 0 Å². The van der Waals surface area contributed by atoms with E-state index in [9.17, 15) is 0 Å². The third-order valence-corrected chi connectivity index (χ3v) is 0. The molecule has 0 saturated carbocycles. The highest BCUT2D eigenvalue weighted by atomic mass is 16.9. The largest absolute Gasteiger partial charge is 0.352 e. The summed E-state index contributed by atoms with van der Waals surface area (Å²) in [5, 5.41) is 13.6. The SMILES string of the molecule is NC(N)=O.O=[N+]([O-])O.[N]N. The van der Waals surface area contributed by atoms with E-state index in [-0.39, 0.29) is 0 Å². The van der Waals surface area contributed by atoms with Crippen LogP contribution in [0.3, 0.4) is 0 Å². The van der Waals surface area contributed by atoms with E-state index in [0.717, 1.165) is 0 Å². The summed E-state index contributed by atoms with van der Waals surface area (Å²) < 4.78 is 0. The molecular weight excluding hydrogens is 146 g/mol. The summed E-state index contributed by atoms with van der Waals surface area (Å²) in [6.07, 6.45) is 0. The predicted octanol–water partition coefficient (Wildman–Crippen LogP) is -2.40. The Balaban J connectivity index is -0.0000000787. The molecule has 0 atom stereocenters. The number of hydrogen-bond donors (Lipinski definition) is 4. The predicted molar refractivity (Wildman–Crippen MR) is 28.9 cm³/mol. The Morgan fingerprint density at radius 2 is 1.50 bits per heavy atom. The highest BCUT2D eigenvalue weighted by Crippen LogP contribution is 1.38. The van der Waals surface area contributed by atoms with Crippen LogP contribution in [0.15, 0.2) is 0 Å². The van der Waals surface area contributed by atoms with Gasteiger partial charge in [-0.3, -0.25) is 0 Å². The van der Waals surface area contributed by atoms with E-state index in [4.69, 9.17) is 26.0 Å². The van der Waals surface area contributed by atoms with E-state index in [2.05, 4.69) is 17.3 Å². The molecule has 0 aromatic carbocycles. The molecule has 9 nitrogen and oxygen atoms in total. The molecule has 0 unspecified atom stereocenters. The van der Waals surface area contributed by atoms with Crippen LogP contribution in [0.5, 0.6) is 0 Å². The number of rotatable bonds is 0. The van der Waals surface area contributed by atoms with E-state index in [0.29, 0.717) is 0 Å². The number of hydrogen-bond acceptors (Lipinski definition) is 4. The van der Waals surface area contributed by atoms with Crippen LogP contribution in [0.1, 0.15) is 0 Å². The van der Waals surface area contributed by atoms with Crippen molar-refractivity contribution >= 4 is 6.03 Å². The fraction of sp³-hybridized carbons (Fsp3) is 0. The van der Waals surface area contributed by atoms with Gasteiger partial charge in [-0.2, -0.15) is 0 Å². The fourth-order valence-corrected chi connectivity index (χ4v) is 0. The van der Waals surface area contributed by atoms with Crippen LogP contribution in [0.4, 0.5) is 4.79 Å². The summed E-state index contributed by atoms with van der Waals surface area (Å²) in [6, 6.07) is -0.833. The van der Waals surface area contributed by atoms with Gasteiger partial charge in [0.05, 0.1) is 0 Å². The molecule has 0 aromatic heterocycles. The number of nitrogens with two attached hydrogens (primary N) is 3. The van der Waals surface area contributed by atoms with Crippen LogP contribution in [-0.4, -0.2) is 16.3 Å². The van der Waals surface area contributed by atoms with Gasteiger partial charge in [0.2, 0.25) is 0 Å². The van der Waals surface area contributed by atoms with Crippen molar-refractivity contribution in [2.24, 2.45) is 17.3 Å². The monoisotopic (exact) mass is 153 g/mol. The zero-order chi connectivity index (χ0) is 9.15. The molecule has 7 N–H and O–H groups in total. The Labute approximate surface area is 55.6 Å². The zero-order valence-electron chi connectivity index (χ0n) is 4.80. The Morgan fingerprint density at radius 1 is 1.50 bits per heavy atom. The summed E-state index contributed by atoms with van der Waals surface area (Å²) in [6.45, 7) is 0. The van der Waals surface area contributed by atoms with E-state index in [1.165, 1.54) is 0 Å². The molecule has 0 aliphatic rings. The van der Waals surface area contributed by atoms with E-state index in [1.54, 1.807) is 0 Å². The second-order valence-electron chi connectivity index (χ2n) is 0.640. The minimum atomic E-state index is -1.50. The van der Waals surface area contributed by atoms with E-state index < -0.39 is 11.1 Å². The average molecular weight is 153 g/mol. The van der Waals surface area contributed by atoms with Crippen molar-refractivity contribution in [2.75, 3.05) is 0 Å². The molecule has 10 heavy (non-hydrogen) atoms. The second kappa shape index (κ2) is 15.7. The van der Waals surface area contributed by atoms with Gasteiger partial charge in [0.25, 0.3) is 5.09 Å². The minimum absolute atomic E-state index is 0.833. The molecule has 0 heterocycles. The maximum absolute atomic E-state index is 9.00. The molecule has 0 fully saturated rings. The number of urea groups is 1. The van der Waals surface area contributed by atoms with Crippen molar-refractivity contribution in [3.05, 3.63) is 10.1 Å². The van der Waals surface area contributed by atoms with Crippen molar-refractivity contribution in [2.45, 2.75) is 0 Å². The number of carbonyl (C=O) groups excluding carboxylic acids is 1. The van der Waals surface area contributed by atoms with Gasteiger partial charge in [-0.15, -0.1) is 10.1 Å². The van der Waals surface area contributed by atoms with E-state index in [1.807, 2.05) is 0 Å². The molecule has 0 spiro atoms. The van der Waals surface area contributed by atoms with Gasteiger partial charge in [0, 0.05) is 0 Å². The Hall–Kier alpha value is -1.61. The summed E-state index contributed by atoms with van der Waals surface area (Å²) in [5.74, 6) is 10.0. The highest BCUT2D eigenvalue weighted by Gasteiger charge is 1.65. The van der Waals surface area contributed by atoms with Gasteiger partial charge in [-0.1, -0.05) is 0 Å². The van der Waals surface area contributed by atoms with Crippen molar-refractivity contribution in [3.63, 3.8) is 0 Å². The van der Waals surface area contributed by atoms with Crippen LogP contribution >= 0.6 is 0 Å². The third kappa shape index (κ3) is 71.6. The van der Waals surface area contributed by atoms with Crippen LogP contribution < -0.4 is 23.2 Å². The molecule has 2 radical (unpaired) electrons. The number of carbonyl (C=O) groups is 1. The fourth-order valence-electron chi connectivity index (χ4n) is 0. The summed E-state index contributed by atoms with van der Waals surface area (Å²) >= 11 is 0. The number of primary amides is 2. The topological polar surface area (TPSA) is 181 Å². The molecule has 0 aliphatic carbocycles. The van der Waals surface area contributed by atoms with Crippen molar-refractivity contribution in [3.8, 4) is 0 Å². The lowest BCUT2D eigenvalue weighted by atomic mass is 11.2. The molecule has 0 aromatic rings. The van der Waals surface area contributed by atoms with Gasteiger partial charge in [-0.25, -0.2) is 10.6 Å². The van der Waals surface area contributed by atoms with Crippen LogP contribution in [0.25, 0.3) is 0 Å². The molecule has 9 heteroatoms. The molecule has 0 bridgehead atoms. The van der Waals surface area contributed by atoms with Crippen molar-refractivity contribution in [1.82, 2.24) is 5.84 Å². The Morgan fingerprint density at radius 3 is 1.50 bits per heavy atom. The summed E-state index contributed by atoms with van der Waals surface area (Å²) in [7, 11) is 0. The van der Waals surface area contributed by atoms with Crippen LogP contribution in [0.2, 0.25) is 0 Å². The maximum Gasteiger partial charge on any atom is 0.309 e. The third-order valence-electron chi connectivity index (χ3n) is 0. The lowest BCUT2D eigenvalue weighted by Crippen LogP contribution is -2.18. The smallest absolute Gasteiger partial charge is 0.309 e. The van der Waals surface area contributed by atoms with Crippen LogP contribution in [-0.2, 0) is 0 Å². The van der Waals surface area contributed by atoms with Gasteiger partial charge < -0.3 is 16.7 Å². The first-order valence-electron chi connectivity index (χ1n) is 1.60. The summed E-state index contributed by atoms with van der Waals surface area (Å²) in [4.78, 5) is 17.4. The van der Waals surface area contributed by atoms with E-state index >= 15 is 0 Å². The lowest BCUT2D eigenvalue weighted by Gasteiger charge is -1.62. The quantitative estimate of drug-likeness (QED) is 0.171. The van der Waals surface area contributed by atoms with Crippen LogP contribution in [0, 0.1) is 10.1 Å². The van der Waals surface area contributed by atoms with Crippen molar-refractivity contribution < 1.29 is 15.1 Å². The first-order chi connectivity index (χ1) is 4.46. The summed E-state index contributed by atoms with van der Waals surface area (Å²) in [5.41, 5.74) is 8.50. The number of nitrogens with zero attached hydrogens (tertiary/aromatic N) is 2. The van der Waals surface area contributed by atoms with Gasteiger partial charge in [0.1, 0.15) is 0 Å². The maximum atomic E-state index is 9.00. The molecule has 0 saturated heterocycles. The zero-order valence-corrected chi connectivity index (χ0v) is 4.80. The van der Waals surface area contributed by atoms with Gasteiger partial charge in [-0.05, 0) is 5.84 Å². The average Bonchev–Trinajstić information content (AvgIpc) is 1.66. The molecule has 60 valence electrons. The standard InChI is InChI=1S/CH4N2O.H2N2.HNO3/c2-1(3)4;1-2;2-1(3)4/h(H4,2,3,4);1H2;(H,2,3,4). The Bertz CT molecular complexity index is 71.6. The van der Waals surface area contributed by atoms with Crippen molar-refractivity contribution in [1.29, 1.82) is 0 Å². The molecule has 0 aliphatic heterocycles. The second-order valence-corrected chi connectivity index (χ2v) is 0.640. The molecule has 2 amide bonds. The van der Waals surface area contributed by atoms with Gasteiger partial charge >= 0.3 is 6.03 Å². The first kappa shape index (κ1) is 15.8. The lowest BCUT2D eigenvalue weighted by molar-refractivity contribution is -0.742. The normalized spacial score (nSPS) is 5.40. The first-order valence-corrected chi connectivity index (χ1v) is 1.60. The minimum Gasteiger partial charge on any atom is -0.352 e. The molecular formula is CH7N5O4. The Kier molecular flexibility index (Phi) is 24.7. The number of amides is 2. The highest BCUT2D eigenvalue weighted by molar-refractivity contribution is 5.69. The molecule has 0 rings (SSSR count).